The maximum absolute atomic E-state index is 11.6. The smallest absolute Gasteiger partial charge is 0.248 e. The third-order valence-corrected chi connectivity index (χ3v) is 4.98. The van der Waals surface area contributed by atoms with E-state index >= 15 is 0 Å². The maximum atomic E-state index is 11.6. The van der Waals surface area contributed by atoms with Crippen molar-refractivity contribution in [3.8, 4) is 5.75 Å². The molecule has 0 aliphatic carbocycles. The van der Waals surface area contributed by atoms with Crippen LogP contribution in [0.2, 0.25) is 0 Å². The second-order valence-corrected chi connectivity index (χ2v) is 7.43. The van der Waals surface area contributed by atoms with E-state index in [2.05, 4.69) is 16.4 Å². The van der Waals surface area contributed by atoms with Gasteiger partial charge in [-0.15, -0.1) is 0 Å². The fourth-order valence-corrected chi connectivity index (χ4v) is 3.75. The van der Waals surface area contributed by atoms with Crippen molar-refractivity contribution < 1.29 is 9.53 Å². The number of rotatable bonds is 5. The molecule has 136 valence electrons. The molecule has 2 aromatic heterocycles. The summed E-state index contributed by atoms with van der Waals surface area (Å²) in [4.78, 5) is 20.5. The summed E-state index contributed by atoms with van der Waals surface area (Å²) < 4.78 is 6.90. The first-order valence-electron chi connectivity index (χ1n) is 8.52. The van der Waals surface area contributed by atoms with E-state index in [1.54, 1.807) is 24.4 Å². The predicted molar refractivity (Wildman–Crippen MR) is 109 cm³/mol. The van der Waals surface area contributed by atoms with Gasteiger partial charge in [0.05, 0.1) is 22.0 Å². The fraction of sp³-hybridized carbons (Fsp3) is 0.150. The quantitative estimate of drug-likeness (QED) is 0.534. The molecule has 4 rings (SSSR count). The van der Waals surface area contributed by atoms with Gasteiger partial charge in [-0.1, -0.05) is 17.4 Å². The van der Waals surface area contributed by atoms with Crippen LogP contribution in [0.25, 0.3) is 21.0 Å². The number of carbonyl (C=O) groups excluding carboxylic acids is 1. The minimum Gasteiger partial charge on any atom is -0.489 e. The Hall–Kier alpha value is -3.19. The molecule has 3 N–H and O–H groups in total. The van der Waals surface area contributed by atoms with E-state index in [0.717, 1.165) is 21.0 Å². The standard InChI is InChI=1S/C20H18N4O2S/c1-11(2)26-16-5-3-13(19(21)25)9-15(16)23-20-24-18-14-10-22-8-7-12(14)4-6-17(18)27-20/h3-11H,1-2H3,(H2,21,25)(H,23,24). The van der Waals surface area contributed by atoms with E-state index in [-0.39, 0.29) is 6.10 Å². The van der Waals surface area contributed by atoms with Gasteiger partial charge in [0.1, 0.15) is 5.75 Å². The molecule has 0 unspecified atom stereocenters. The van der Waals surface area contributed by atoms with Crippen LogP contribution in [0.5, 0.6) is 5.75 Å². The Morgan fingerprint density at radius 3 is 2.85 bits per heavy atom. The lowest BCUT2D eigenvalue weighted by molar-refractivity contribution is 0.100. The second kappa shape index (κ2) is 6.85. The molecule has 0 saturated carbocycles. The van der Waals surface area contributed by atoms with Crippen molar-refractivity contribution in [2.24, 2.45) is 5.73 Å². The fourth-order valence-electron chi connectivity index (χ4n) is 2.86. The van der Waals surface area contributed by atoms with Crippen LogP contribution in [-0.2, 0) is 0 Å². The SMILES string of the molecule is CC(C)Oc1ccc(C(N)=O)cc1Nc1nc2c(ccc3ccncc32)s1. The van der Waals surface area contributed by atoms with E-state index < -0.39 is 5.91 Å². The van der Waals surface area contributed by atoms with Crippen molar-refractivity contribution in [2.45, 2.75) is 20.0 Å². The Morgan fingerprint density at radius 1 is 1.22 bits per heavy atom. The lowest BCUT2D eigenvalue weighted by atomic mass is 10.1. The molecule has 1 amide bonds. The lowest BCUT2D eigenvalue weighted by Gasteiger charge is -2.15. The number of nitrogens with one attached hydrogen (secondary N) is 1. The van der Waals surface area contributed by atoms with Gasteiger partial charge in [0.2, 0.25) is 5.91 Å². The molecular weight excluding hydrogens is 360 g/mol. The van der Waals surface area contributed by atoms with Crippen molar-refractivity contribution in [1.29, 1.82) is 0 Å². The van der Waals surface area contributed by atoms with Gasteiger partial charge in [0, 0.05) is 23.3 Å². The van der Waals surface area contributed by atoms with Crippen LogP contribution in [0.15, 0.2) is 48.8 Å². The molecule has 0 radical (unpaired) electrons. The molecule has 6 nitrogen and oxygen atoms in total. The minimum atomic E-state index is -0.490. The van der Waals surface area contributed by atoms with Gasteiger partial charge in [-0.25, -0.2) is 4.98 Å². The number of nitrogens with zero attached hydrogens (tertiary/aromatic N) is 2. The van der Waals surface area contributed by atoms with Crippen LogP contribution >= 0.6 is 11.3 Å². The number of amides is 1. The largest absolute Gasteiger partial charge is 0.489 e. The van der Waals surface area contributed by atoms with Gasteiger partial charge in [-0.3, -0.25) is 9.78 Å². The molecule has 0 saturated heterocycles. The topological polar surface area (TPSA) is 90.1 Å². The van der Waals surface area contributed by atoms with Gasteiger partial charge in [-0.2, -0.15) is 0 Å². The van der Waals surface area contributed by atoms with Crippen LogP contribution in [0, 0.1) is 0 Å². The molecule has 7 heteroatoms. The molecule has 2 heterocycles. The van der Waals surface area contributed by atoms with E-state index in [4.69, 9.17) is 15.5 Å². The van der Waals surface area contributed by atoms with Gasteiger partial charge < -0.3 is 15.8 Å². The maximum Gasteiger partial charge on any atom is 0.248 e. The highest BCUT2D eigenvalue weighted by molar-refractivity contribution is 7.22. The molecular formula is C20H18N4O2S. The predicted octanol–water partition coefficient (Wildman–Crippen LogP) is 4.47. The monoisotopic (exact) mass is 378 g/mol. The summed E-state index contributed by atoms with van der Waals surface area (Å²) in [5.41, 5.74) is 7.38. The molecule has 4 aromatic rings. The molecule has 0 atom stereocenters. The summed E-state index contributed by atoms with van der Waals surface area (Å²) >= 11 is 1.53. The Labute approximate surface area is 160 Å². The van der Waals surface area contributed by atoms with Crippen LogP contribution < -0.4 is 15.8 Å². The first kappa shape index (κ1) is 17.2. The molecule has 0 aliphatic heterocycles. The van der Waals surface area contributed by atoms with E-state index in [1.807, 2.05) is 32.2 Å². The zero-order valence-corrected chi connectivity index (χ0v) is 15.7. The zero-order chi connectivity index (χ0) is 19.0. The van der Waals surface area contributed by atoms with E-state index in [1.165, 1.54) is 11.3 Å². The lowest BCUT2D eigenvalue weighted by Crippen LogP contribution is -2.12. The molecule has 0 aliphatic rings. The van der Waals surface area contributed by atoms with Gasteiger partial charge in [0.25, 0.3) is 0 Å². The number of pyridine rings is 1. The number of nitrogens with two attached hydrogens (primary N) is 1. The summed E-state index contributed by atoms with van der Waals surface area (Å²) in [6.07, 6.45) is 3.59. The van der Waals surface area contributed by atoms with Crippen LogP contribution in [-0.4, -0.2) is 22.0 Å². The number of fused-ring (bicyclic) bond motifs is 3. The van der Waals surface area contributed by atoms with Gasteiger partial charge >= 0.3 is 0 Å². The Balaban J connectivity index is 1.77. The number of carbonyl (C=O) groups is 1. The molecule has 27 heavy (non-hydrogen) atoms. The summed E-state index contributed by atoms with van der Waals surface area (Å²) in [6.45, 7) is 3.89. The highest BCUT2D eigenvalue weighted by Gasteiger charge is 2.13. The van der Waals surface area contributed by atoms with Crippen molar-refractivity contribution in [2.75, 3.05) is 5.32 Å². The number of hydrogen-bond acceptors (Lipinski definition) is 6. The molecule has 2 aromatic carbocycles. The molecule has 0 fully saturated rings. The van der Waals surface area contributed by atoms with E-state index in [9.17, 15) is 4.79 Å². The Kier molecular flexibility index (Phi) is 4.37. The Morgan fingerprint density at radius 2 is 2.07 bits per heavy atom. The summed E-state index contributed by atoms with van der Waals surface area (Å²) in [5, 5.41) is 6.08. The van der Waals surface area contributed by atoms with Crippen LogP contribution in [0.3, 0.4) is 0 Å². The third kappa shape index (κ3) is 3.41. The molecule has 0 bridgehead atoms. The number of anilines is 2. The van der Waals surface area contributed by atoms with E-state index in [0.29, 0.717) is 22.1 Å². The Bertz CT molecular complexity index is 1150. The normalized spacial score (nSPS) is 11.2. The number of hydrogen-bond donors (Lipinski definition) is 2. The van der Waals surface area contributed by atoms with Gasteiger partial charge in [-0.05, 0) is 49.6 Å². The van der Waals surface area contributed by atoms with Crippen molar-refractivity contribution in [1.82, 2.24) is 9.97 Å². The second-order valence-electron chi connectivity index (χ2n) is 6.39. The first-order chi connectivity index (χ1) is 13.0. The number of primary amides is 1. The third-order valence-electron chi connectivity index (χ3n) is 4.05. The van der Waals surface area contributed by atoms with Crippen molar-refractivity contribution in [3.05, 3.63) is 54.4 Å². The summed E-state index contributed by atoms with van der Waals surface area (Å²) in [6, 6.07) is 11.2. The number of aromatic nitrogens is 2. The number of ether oxygens (including phenoxy) is 1. The highest BCUT2D eigenvalue weighted by Crippen LogP contribution is 2.35. The first-order valence-corrected chi connectivity index (χ1v) is 9.34. The summed E-state index contributed by atoms with van der Waals surface area (Å²) in [5.74, 6) is 0.149. The molecule has 0 spiro atoms. The number of thiazole rings is 1. The zero-order valence-electron chi connectivity index (χ0n) is 14.9. The number of benzene rings is 2. The van der Waals surface area contributed by atoms with Crippen LogP contribution in [0.4, 0.5) is 10.8 Å². The minimum absolute atomic E-state index is 0.00429. The average Bonchev–Trinajstić information content (AvgIpc) is 3.05. The highest BCUT2D eigenvalue weighted by atomic mass is 32.1. The van der Waals surface area contributed by atoms with Crippen molar-refractivity contribution in [3.63, 3.8) is 0 Å². The average molecular weight is 378 g/mol. The van der Waals surface area contributed by atoms with Crippen LogP contribution in [0.1, 0.15) is 24.2 Å². The van der Waals surface area contributed by atoms with Crippen molar-refractivity contribution >= 4 is 49.1 Å². The van der Waals surface area contributed by atoms with Gasteiger partial charge in [0.15, 0.2) is 5.13 Å². The summed E-state index contributed by atoms with van der Waals surface area (Å²) in [7, 11) is 0.